The second kappa shape index (κ2) is 9.97. The molecule has 0 saturated carbocycles. The van der Waals surface area contributed by atoms with Crippen molar-refractivity contribution >= 4 is 11.6 Å². The minimum atomic E-state index is -0.0606. The number of hydrogen-bond acceptors (Lipinski definition) is 5. The smallest absolute Gasteiger partial charge is 0.213 e. The van der Waals surface area contributed by atoms with Gasteiger partial charge in [0.05, 0.1) is 19.3 Å². The van der Waals surface area contributed by atoms with Crippen LogP contribution in [-0.2, 0) is 16.7 Å². The molecular formula is C20H30N4O3. The highest BCUT2D eigenvalue weighted by Gasteiger charge is 2.19. The number of methoxy groups -OCH3 is 1. The quantitative estimate of drug-likeness (QED) is 0.418. The summed E-state index contributed by atoms with van der Waals surface area (Å²) in [6.45, 7) is 8.03. The van der Waals surface area contributed by atoms with Gasteiger partial charge in [-0.15, -0.1) is 0 Å². The topological polar surface area (TPSA) is 80.9 Å². The number of oxazole rings is 1. The number of nitrogens with zero attached hydrogens (tertiary/aromatic N) is 2. The molecule has 7 nitrogen and oxygen atoms in total. The summed E-state index contributed by atoms with van der Waals surface area (Å²) in [5, 5.41) is 6.45. The summed E-state index contributed by atoms with van der Waals surface area (Å²) < 4.78 is 16.5. The van der Waals surface area contributed by atoms with Gasteiger partial charge in [0.1, 0.15) is 11.5 Å². The molecule has 0 unspecified atom stereocenters. The van der Waals surface area contributed by atoms with Crippen molar-refractivity contribution in [2.24, 2.45) is 4.99 Å². The van der Waals surface area contributed by atoms with Crippen molar-refractivity contribution in [3.8, 4) is 5.75 Å². The Kier molecular flexibility index (Phi) is 7.67. The number of nitrogens with one attached hydrogen (secondary N) is 2. The number of aliphatic imine (C=N–C) groups is 1. The predicted octanol–water partition coefficient (Wildman–Crippen LogP) is 3.57. The normalized spacial score (nSPS) is 12.1. The Morgan fingerprint density at radius 2 is 2.07 bits per heavy atom. The molecule has 0 spiro atoms. The Bertz CT molecular complexity index is 735. The largest absolute Gasteiger partial charge is 0.493 e. The summed E-state index contributed by atoms with van der Waals surface area (Å²) in [5.41, 5.74) is 0.824. The molecule has 0 aliphatic rings. The molecule has 0 fully saturated rings. The summed E-state index contributed by atoms with van der Waals surface area (Å²) in [6, 6.07) is 7.75. The SMILES string of the molecule is CN=C(NCc1ncc(C(C)(C)C)o1)Nc1cccc(OCCCOC)c1. The minimum Gasteiger partial charge on any atom is -0.493 e. The molecule has 2 rings (SSSR count). The number of anilines is 1. The van der Waals surface area contributed by atoms with Crippen molar-refractivity contribution in [3.05, 3.63) is 42.1 Å². The zero-order chi connectivity index (χ0) is 19.7. The maximum absolute atomic E-state index is 5.79. The Morgan fingerprint density at radius 1 is 1.26 bits per heavy atom. The van der Waals surface area contributed by atoms with Crippen LogP contribution in [0.5, 0.6) is 5.75 Å². The molecule has 1 aromatic heterocycles. The fraction of sp³-hybridized carbons (Fsp3) is 0.500. The van der Waals surface area contributed by atoms with Gasteiger partial charge in [-0.1, -0.05) is 26.8 Å². The molecule has 27 heavy (non-hydrogen) atoms. The van der Waals surface area contributed by atoms with Crippen molar-refractivity contribution in [3.63, 3.8) is 0 Å². The molecule has 2 N–H and O–H groups in total. The first-order chi connectivity index (χ1) is 12.9. The Labute approximate surface area is 161 Å². The van der Waals surface area contributed by atoms with Crippen LogP contribution >= 0.6 is 0 Å². The van der Waals surface area contributed by atoms with Gasteiger partial charge < -0.3 is 24.5 Å². The highest BCUT2D eigenvalue weighted by molar-refractivity contribution is 5.93. The predicted molar refractivity (Wildman–Crippen MR) is 107 cm³/mol. The Balaban J connectivity index is 1.88. The van der Waals surface area contributed by atoms with E-state index in [-0.39, 0.29) is 5.41 Å². The Hall–Kier alpha value is -2.54. The van der Waals surface area contributed by atoms with E-state index >= 15 is 0 Å². The van der Waals surface area contributed by atoms with Crippen molar-refractivity contribution in [2.75, 3.05) is 32.7 Å². The van der Waals surface area contributed by atoms with E-state index in [1.54, 1.807) is 20.4 Å². The molecule has 148 valence electrons. The summed E-state index contributed by atoms with van der Waals surface area (Å²) >= 11 is 0. The van der Waals surface area contributed by atoms with Gasteiger partial charge in [0.15, 0.2) is 5.96 Å². The highest BCUT2D eigenvalue weighted by Crippen LogP contribution is 2.22. The van der Waals surface area contributed by atoms with Gasteiger partial charge in [0, 0.05) is 44.4 Å². The van der Waals surface area contributed by atoms with Gasteiger partial charge in [-0.3, -0.25) is 4.99 Å². The van der Waals surface area contributed by atoms with Crippen LogP contribution in [0.3, 0.4) is 0 Å². The number of rotatable bonds is 8. The molecule has 0 aliphatic carbocycles. The van der Waals surface area contributed by atoms with Gasteiger partial charge in [0.2, 0.25) is 5.89 Å². The van der Waals surface area contributed by atoms with E-state index in [1.807, 2.05) is 24.3 Å². The average molecular weight is 374 g/mol. The van der Waals surface area contributed by atoms with Crippen molar-refractivity contribution in [1.82, 2.24) is 10.3 Å². The van der Waals surface area contributed by atoms with E-state index in [1.165, 1.54) is 0 Å². The van der Waals surface area contributed by atoms with Crippen LogP contribution in [-0.4, -0.2) is 38.3 Å². The zero-order valence-electron chi connectivity index (χ0n) is 16.8. The number of guanidine groups is 1. The van der Waals surface area contributed by atoms with Gasteiger partial charge in [-0.05, 0) is 12.1 Å². The minimum absolute atomic E-state index is 0.0606. The zero-order valence-corrected chi connectivity index (χ0v) is 16.8. The van der Waals surface area contributed by atoms with E-state index in [0.717, 1.165) is 23.6 Å². The molecule has 1 aromatic carbocycles. The third kappa shape index (κ3) is 6.94. The second-order valence-electron chi connectivity index (χ2n) is 7.14. The van der Waals surface area contributed by atoms with Gasteiger partial charge in [-0.25, -0.2) is 4.98 Å². The molecule has 0 amide bonds. The fourth-order valence-corrected chi connectivity index (χ4v) is 2.27. The summed E-state index contributed by atoms with van der Waals surface area (Å²) in [6.07, 6.45) is 2.63. The molecule has 0 radical (unpaired) electrons. The number of benzene rings is 1. The van der Waals surface area contributed by atoms with E-state index in [0.29, 0.717) is 31.6 Å². The van der Waals surface area contributed by atoms with Crippen LogP contribution in [0.2, 0.25) is 0 Å². The number of hydrogen-bond donors (Lipinski definition) is 2. The first kappa shape index (κ1) is 20.8. The number of ether oxygens (including phenoxy) is 2. The summed E-state index contributed by atoms with van der Waals surface area (Å²) in [5.74, 6) is 2.91. The molecule has 0 bridgehead atoms. The van der Waals surface area contributed by atoms with Gasteiger partial charge in [-0.2, -0.15) is 0 Å². The first-order valence-electron chi connectivity index (χ1n) is 9.07. The molecule has 0 aliphatic heterocycles. The fourth-order valence-electron chi connectivity index (χ4n) is 2.27. The maximum Gasteiger partial charge on any atom is 0.213 e. The van der Waals surface area contributed by atoms with Gasteiger partial charge in [0.25, 0.3) is 0 Å². The second-order valence-corrected chi connectivity index (χ2v) is 7.14. The lowest BCUT2D eigenvalue weighted by atomic mass is 9.94. The highest BCUT2D eigenvalue weighted by atomic mass is 16.5. The lowest BCUT2D eigenvalue weighted by Crippen LogP contribution is -2.30. The van der Waals surface area contributed by atoms with Crippen LogP contribution in [0.1, 0.15) is 38.8 Å². The molecule has 1 heterocycles. The van der Waals surface area contributed by atoms with Crippen LogP contribution in [0.25, 0.3) is 0 Å². The average Bonchev–Trinajstić information content (AvgIpc) is 3.12. The third-order valence-electron chi connectivity index (χ3n) is 3.78. The monoisotopic (exact) mass is 374 g/mol. The van der Waals surface area contributed by atoms with Crippen molar-refractivity contribution < 1.29 is 13.9 Å². The molecule has 0 saturated heterocycles. The Morgan fingerprint density at radius 3 is 2.74 bits per heavy atom. The summed E-state index contributed by atoms with van der Waals surface area (Å²) in [4.78, 5) is 8.55. The van der Waals surface area contributed by atoms with Crippen molar-refractivity contribution in [2.45, 2.75) is 39.2 Å². The van der Waals surface area contributed by atoms with Gasteiger partial charge >= 0.3 is 0 Å². The summed E-state index contributed by atoms with van der Waals surface area (Å²) in [7, 11) is 3.40. The first-order valence-corrected chi connectivity index (χ1v) is 9.07. The van der Waals surface area contributed by atoms with Crippen LogP contribution in [0.4, 0.5) is 5.69 Å². The van der Waals surface area contributed by atoms with E-state index < -0.39 is 0 Å². The molecule has 0 atom stereocenters. The van der Waals surface area contributed by atoms with Crippen LogP contribution in [0, 0.1) is 0 Å². The van der Waals surface area contributed by atoms with Crippen molar-refractivity contribution in [1.29, 1.82) is 0 Å². The third-order valence-corrected chi connectivity index (χ3v) is 3.78. The van der Waals surface area contributed by atoms with E-state index in [9.17, 15) is 0 Å². The lowest BCUT2D eigenvalue weighted by molar-refractivity contribution is 0.172. The van der Waals surface area contributed by atoms with E-state index in [4.69, 9.17) is 13.9 Å². The lowest BCUT2D eigenvalue weighted by Gasteiger charge is -2.14. The number of aromatic nitrogens is 1. The van der Waals surface area contributed by atoms with Crippen LogP contribution < -0.4 is 15.4 Å². The van der Waals surface area contributed by atoms with E-state index in [2.05, 4.69) is 41.4 Å². The van der Waals surface area contributed by atoms with Crippen LogP contribution in [0.15, 0.2) is 39.9 Å². The standard InChI is InChI=1S/C20H30N4O3/c1-20(2,3)17-13-22-18(27-17)14-23-19(21-4)24-15-8-6-9-16(12-15)26-11-7-10-25-5/h6,8-9,12-13H,7,10-11,14H2,1-5H3,(H2,21,23,24). The molecular weight excluding hydrogens is 344 g/mol. The maximum atomic E-state index is 5.79. The molecule has 2 aromatic rings. The molecule has 7 heteroatoms.